The first-order valence-corrected chi connectivity index (χ1v) is 50.4. The molecule has 2 saturated heterocycles. The molecule has 8 N–H and O–H groups in total. The molecule has 6 fully saturated rings. The lowest BCUT2D eigenvalue weighted by molar-refractivity contribution is -0.0204. The van der Waals surface area contributed by atoms with Gasteiger partial charge in [0.15, 0.2) is 0 Å². The fourth-order valence-corrected chi connectivity index (χ4v) is 27.7. The number of pyridine rings is 4. The lowest BCUT2D eigenvalue weighted by Crippen LogP contribution is -2.36. The molecule has 0 radical (unpaired) electrons. The molecule has 676 valence electrons. The third-order valence-electron chi connectivity index (χ3n) is 29.4. The summed E-state index contributed by atoms with van der Waals surface area (Å²) in [4.78, 5) is 52.9. The van der Waals surface area contributed by atoms with Crippen LogP contribution in [-0.2, 0) is 0 Å². The largest absolute Gasteiger partial charge is 0.390 e. The Morgan fingerprint density at radius 1 is 0.326 bits per heavy atom. The highest BCUT2D eigenvalue weighted by atomic mass is 79.9. The van der Waals surface area contributed by atoms with E-state index < -0.39 is 59.7 Å². The number of fused-ring (bicyclic) bond motifs is 8. The number of halogens is 8. The van der Waals surface area contributed by atoms with Crippen molar-refractivity contribution in [3.05, 3.63) is 279 Å². The van der Waals surface area contributed by atoms with Gasteiger partial charge in [-0.2, -0.15) is 23.5 Å². The number of aliphatic hydroxyl groups is 8. The van der Waals surface area contributed by atoms with Crippen molar-refractivity contribution in [2.75, 3.05) is 11.5 Å². The molecule has 24 rings (SSSR count). The summed E-state index contributed by atoms with van der Waals surface area (Å²) in [5, 5.41) is 99.2. The number of allylic oxidation sites excluding steroid dienone is 2. The van der Waals surface area contributed by atoms with Crippen LogP contribution in [0.2, 0.25) is 20.6 Å². The summed E-state index contributed by atoms with van der Waals surface area (Å²) >= 11 is 42.2. The molecule has 2 aliphatic heterocycles. The Bertz CT molecular complexity index is 6960. The van der Waals surface area contributed by atoms with Crippen molar-refractivity contribution in [3.63, 3.8) is 0 Å². The molecule has 4 saturated carbocycles. The summed E-state index contributed by atoms with van der Waals surface area (Å²) in [6.07, 6.45) is 21.5. The van der Waals surface area contributed by atoms with E-state index in [4.69, 9.17) is 46.4 Å². The molecule has 24 nitrogen and oxygen atoms in total. The first-order valence-electron chi connectivity index (χ1n) is 43.7. The molecule has 0 amide bonds. The van der Waals surface area contributed by atoms with Gasteiger partial charge in [-0.15, -0.1) is 0 Å². The summed E-state index contributed by atoms with van der Waals surface area (Å²) < 4.78 is 11.1. The van der Waals surface area contributed by atoms with Crippen LogP contribution < -0.4 is 0 Å². The van der Waals surface area contributed by atoms with Crippen LogP contribution in [0, 0.1) is 49.4 Å². The zero-order chi connectivity index (χ0) is 91.6. The summed E-state index contributed by atoms with van der Waals surface area (Å²) in [5.74, 6) is 1.86. The second-order valence-corrected chi connectivity index (χ2v) is 44.1. The minimum atomic E-state index is -0.881. The summed E-state index contributed by atoms with van der Waals surface area (Å²) in [7, 11) is 0. The zero-order valence-corrected chi connectivity index (χ0v) is 82.4. The third-order valence-corrected chi connectivity index (χ3v) is 37.1. The number of hydrogen-bond donors (Lipinski definition) is 8. The maximum atomic E-state index is 11.2. The average Bonchev–Trinajstić information content (AvgIpc) is 1.59. The van der Waals surface area contributed by atoms with Crippen molar-refractivity contribution in [1.82, 2.24) is 78.1 Å². The minimum absolute atomic E-state index is 0.130. The van der Waals surface area contributed by atoms with Gasteiger partial charge in [-0.3, -0.25) is 0 Å². The van der Waals surface area contributed by atoms with E-state index in [1.165, 1.54) is 11.1 Å². The van der Waals surface area contributed by atoms with Gasteiger partial charge in [0.05, 0.1) is 111 Å². The van der Waals surface area contributed by atoms with E-state index in [9.17, 15) is 40.9 Å². The topological polar surface area (TPSA) is 336 Å². The zero-order valence-electron chi connectivity index (χ0n) is 71.4. The maximum Gasteiger partial charge on any atom is 0.143 e. The van der Waals surface area contributed by atoms with E-state index in [1.807, 2.05) is 155 Å². The predicted octanol–water partition coefficient (Wildman–Crippen LogP) is 20.7. The van der Waals surface area contributed by atoms with Crippen molar-refractivity contribution < 1.29 is 40.9 Å². The Labute approximate surface area is 819 Å². The molecule has 132 heavy (non-hydrogen) atoms. The fourth-order valence-electron chi connectivity index (χ4n) is 22.3. The molecule has 0 unspecified atom stereocenters. The molecule has 34 heteroatoms. The molecular weight excluding hydrogens is 2050 g/mol. The van der Waals surface area contributed by atoms with Gasteiger partial charge in [0.25, 0.3) is 0 Å². The minimum Gasteiger partial charge on any atom is -0.390 e. The van der Waals surface area contributed by atoms with E-state index in [2.05, 4.69) is 208 Å². The first-order chi connectivity index (χ1) is 63.4. The Morgan fingerprint density at radius 3 is 0.902 bits per heavy atom. The highest BCUT2D eigenvalue weighted by Crippen LogP contribution is 2.63. The summed E-state index contributed by atoms with van der Waals surface area (Å²) in [6, 6.07) is 39.9. The Kier molecular flexibility index (Phi) is 24.1. The number of nitrogens with zero attached hydrogens (tertiary/aromatic N) is 16. The van der Waals surface area contributed by atoms with Crippen LogP contribution in [0.15, 0.2) is 214 Å². The van der Waals surface area contributed by atoms with Gasteiger partial charge < -0.3 is 59.1 Å². The van der Waals surface area contributed by atoms with Crippen LogP contribution in [0.1, 0.15) is 143 Å². The van der Waals surface area contributed by atoms with Crippen molar-refractivity contribution in [1.29, 1.82) is 0 Å². The molecule has 0 bridgehead atoms. The molecule has 16 aromatic rings. The normalized spacial score (nSPS) is 29.4. The Hall–Kier alpha value is -8.06. The number of rotatable bonds is 8. The van der Waals surface area contributed by atoms with Gasteiger partial charge in [-0.05, 0) is 238 Å². The van der Waals surface area contributed by atoms with Crippen molar-refractivity contribution >= 4 is 221 Å². The average molecular weight is 2140 g/mol. The highest BCUT2D eigenvalue weighted by Gasteiger charge is 2.60. The van der Waals surface area contributed by atoms with Crippen LogP contribution in [0.25, 0.3) is 87.7 Å². The van der Waals surface area contributed by atoms with Gasteiger partial charge in [0, 0.05) is 123 Å². The number of benzene rings is 4. The van der Waals surface area contributed by atoms with Crippen molar-refractivity contribution in [3.8, 4) is 0 Å². The van der Waals surface area contributed by atoms with Gasteiger partial charge in [0.2, 0.25) is 0 Å². The van der Waals surface area contributed by atoms with E-state index >= 15 is 0 Å². The Balaban J connectivity index is 0.000000106. The van der Waals surface area contributed by atoms with Crippen LogP contribution in [-0.4, -0.2) is 179 Å². The maximum absolute atomic E-state index is 11.2. The molecule has 12 aromatic heterocycles. The second-order valence-electron chi connectivity index (χ2n) is 36.9. The molecule has 6 aliphatic carbocycles. The smallest absolute Gasteiger partial charge is 0.143 e. The molecule has 8 aliphatic rings. The number of aromatic nitrogens is 16. The second kappa shape index (κ2) is 35.2. The fraction of sp³-hybridized carbons (Fsp3) is 0.347. The van der Waals surface area contributed by atoms with E-state index in [0.29, 0.717) is 46.3 Å². The predicted molar refractivity (Wildman–Crippen MR) is 532 cm³/mol. The van der Waals surface area contributed by atoms with Gasteiger partial charge in [-0.25, -0.2) is 59.8 Å². The van der Waals surface area contributed by atoms with Crippen LogP contribution >= 0.6 is 134 Å². The molecule has 14 heterocycles. The van der Waals surface area contributed by atoms with Crippen LogP contribution in [0.4, 0.5) is 0 Å². The molecule has 4 aromatic carbocycles. The third kappa shape index (κ3) is 15.8. The van der Waals surface area contributed by atoms with E-state index in [1.54, 1.807) is 25.3 Å². The monoisotopic (exact) mass is 2140 g/mol. The summed E-state index contributed by atoms with van der Waals surface area (Å²) in [6.45, 7) is 7.81. The first kappa shape index (κ1) is 90.4. The van der Waals surface area contributed by atoms with Gasteiger partial charge >= 0.3 is 0 Å². The number of hydrogen-bond acceptors (Lipinski definition) is 22. The van der Waals surface area contributed by atoms with E-state index in [0.717, 1.165) is 177 Å². The number of thioether (sulfide) groups is 2. The van der Waals surface area contributed by atoms with Crippen molar-refractivity contribution in [2.45, 2.75) is 174 Å². The quantitative estimate of drug-likeness (QED) is 0.0517. The van der Waals surface area contributed by atoms with E-state index in [-0.39, 0.29) is 57.3 Å². The summed E-state index contributed by atoms with van der Waals surface area (Å²) in [5.41, 5.74) is 13.1. The van der Waals surface area contributed by atoms with Gasteiger partial charge in [0.1, 0.15) is 92.9 Å². The molecule has 4 spiro atoms. The lowest BCUT2D eigenvalue weighted by atomic mass is 9.80. The number of aliphatic hydroxyl groups excluding tert-OH is 8. The van der Waals surface area contributed by atoms with Gasteiger partial charge in [-0.1, -0.05) is 119 Å². The van der Waals surface area contributed by atoms with Crippen molar-refractivity contribution in [2.24, 2.45) is 21.7 Å². The van der Waals surface area contributed by atoms with Crippen LogP contribution in [0.5, 0.6) is 0 Å². The lowest BCUT2D eigenvalue weighted by Gasteiger charge is -2.27. The molecular formula is C98H88Br4Cl4N16O8S2. The van der Waals surface area contributed by atoms with Crippen LogP contribution in [0.3, 0.4) is 0 Å². The standard InChI is InChI=1S/2C25H22BrClN4O2.2C24H22BrClN4O2S/c2*1-13-17-5-7-31(24(17)29-12-28-13)20-11-25(22(33)21(20)32)6-4-16(10-25)14-2-3-15-8-18(26)23(27)30-19(15)9-14;2*1-12-15-4-5-30(23(15)28-11-27-12)18-8-24(21(32)20(18)31)9-19(33-10-24)14-3-2-13-6-16(25)22(26)29-17(13)7-14/h2*2-9,12,16,20-22,32-33H,10-11H2,1H3;2*2-7,11,18-21,31-32H,8-10H2,1H3/t16-,20+,21-,22-,25-;16-,20-,21+,22+,25+;18-,19+,20+,21+,24-;18-,19-,20+,21+,24-/m0111/s1. The number of aryl methyl sites for hydroxylation is 4. The molecule has 20 atom stereocenters. The highest BCUT2D eigenvalue weighted by molar-refractivity contribution is 9.11. The SMILES string of the molecule is Cc1ncnc2c1ccn2[C@@H]1C[C@@]2(C=C[C@@H](c3ccc4cc(Br)c(Cl)nc4c3)C2)[C@@H](O)[C@H]1O.Cc1ncnc2c1ccn2[C@@H]1C[C@@]2(C=C[C@H](c3ccc4cc(Br)c(Cl)nc4c3)C2)[C@@H](O)[C@H]1O.Cc1ncnc2c1ccn2[C@@H]1C[C@@]2(CS[C@@H](c3ccc4cc(Br)c(Cl)nc4c3)C2)[C@@H](O)[C@H]1O.Cc1ncnc2c1ccn2[C@@H]1C[C@@]2(CS[C@H](c3ccc4cc(Br)c(Cl)nc4c3)C2)[C@@H](O)[C@H]1O. The Morgan fingerprint density at radius 2 is 0.598 bits per heavy atom.